The summed E-state index contributed by atoms with van der Waals surface area (Å²) in [6.45, 7) is 0.204. The molecule has 1 aromatic rings. The number of hydrogen-bond donors (Lipinski definition) is 2. The number of thiol groups is 1. The summed E-state index contributed by atoms with van der Waals surface area (Å²) in [6.07, 6.45) is 0.191. The minimum absolute atomic E-state index is 0.0591. The quantitative estimate of drug-likeness (QED) is 0.835. The second kappa shape index (κ2) is 5.78. The maximum absolute atomic E-state index is 13.8. The number of carbonyl (C=O) groups excluding carboxylic acids is 1. The summed E-state index contributed by atoms with van der Waals surface area (Å²) >= 11 is 4.09. The fraction of sp³-hybridized carbons (Fsp3) is 0.385. The Hall–Kier alpha value is -1.63. The topological polar surface area (TPSA) is 57.6 Å². The maximum atomic E-state index is 13.8. The highest BCUT2D eigenvalue weighted by molar-refractivity contribution is 7.80. The van der Waals surface area contributed by atoms with Gasteiger partial charge in [0.2, 0.25) is 5.91 Å². The molecule has 108 valence electrons. The predicted octanol–water partition coefficient (Wildman–Crippen LogP) is 1.87. The van der Waals surface area contributed by atoms with Crippen LogP contribution >= 0.6 is 12.6 Å². The Kier molecular flexibility index (Phi) is 4.27. The minimum Gasteiger partial charge on any atom is -0.479 e. The molecular weight excluding hydrogens is 288 g/mol. The number of nitrogens with zero attached hydrogens (tertiary/aromatic N) is 1. The summed E-state index contributed by atoms with van der Waals surface area (Å²) < 4.78 is 26.7. The van der Waals surface area contributed by atoms with Crippen molar-refractivity contribution in [3.63, 3.8) is 0 Å². The van der Waals surface area contributed by atoms with Crippen LogP contribution in [0.2, 0.25) is 0 Å². The zero-order valence-corrected chi connectivity index (χ0v) is 11.3. The molecule has 1 heterocycles. The van der Waals surface area contributed by atoms with E-state index in [0.29, 0.717) is 11.8 Å². The number of carboxylic acids is 1. The van der Waals surface area contributed by atoms with Crippen LogP contribution in [0.4, 0.5) is 8.78 Å². The molecule has 0 spiro atoms. The van der Waals surface area contributed by atoms with Gasteiger partial charge in [0.05, 0.1) is 0 Å². The van der Waals surface area contributed by atoms with Gasteiger partial charge in [-0.15, -0.1) is 0 Å². The van der Waals surface area contributed by atoms with Crippen LogP contribution in [0.1, 0.15) is 18.0 Å². The van der Waals surface area contributed by atoms with E-state index in [0.717, 1.165) is 17.0 Å². The van der Waals surface area contributed by atoms with Crippen LogP contribution in [0.3, 0.4) is 0 Å². The van der Waals surface area contributed by atoms with E-state index >= 15 is 0 Å². The fourth-order valence-corrected chi connectivity index (χ4v) is 2.58. The number of halogens is 2. The summed E-state index contributed by atoms with van der Waals surface area (Å²) in [4.78, 5) is 24.4. The second-order valence-electron chi connectivity index (χ2n) is 4.71. The lowest BCUT2D eigenvalue weighted by molar-refractivity contribution is -0.148. The highest BCUT2D eigenvalue weighted by Crippen LogP contribution is 2.31. The lowest BCUT2D eigenvalue weighted by Gasteiger charge is -2.25. The molecular formula is C13H13F2NO3S. The van der Waals surface area contributed by atoms with E-state index in [-0.39, 0.29) is 30.4 Å². The highest BCUT2D eigenvalue weighted by Gasteiger charge is 2.39. The SMILES string of the molecule is O=C(O)C(c1ccc(F)cc1F)N1CC(CS)CC1=O. The van der Waals surface area contributed by atoms with Crippen LogP contribution in [0.5, 0.6) is 0 Å². The van der Waals surface area contributed by atoms with Gasteiger partial charge in [-0.1, -0.05) is 6.07 Å². The van der Waals surface area contributed by atoms with Crippen molar-refractivity contribution >= 4 is 24.5 Å². The number of carbonyl (C=O) groups is 2. The van der Waals surface area contributed by atoms with Crippen LogP contribution in [-0.2, 0) is 9.59 Å². The van der Waals surface area contributed by atoms with Crippen molar-refractivity contribution in [1.82, 2.24) is 4.90 Å². The van der Waals surface area contributed by atoms with Crippen molar-refractivity contribution in [2.75, 3.05) is 12.3 Å². The fourth-order valence-electron chi connectivity index (χ4n) is 2.34. The number of rotatable bonds is 4. The van der Waals surface area contributed by atoms with E-state index in [1.54, 1.807) is 0 Å². The largest absolute Gasteiger partial charge is 0.479 e. The van der Waals surface area contributed by atoms with Gasteiger partial charge in [0.25, 0.3) is 0 Å². The molecule has 1 aliphatic heterocycles. The number of amides is 1. The molecule has 0 aliphatic carbocycles. The molecule has 1 fully saturated rings. The first-order valence-electron chi connectivity index (χ1n) is 6.02. The summed E-state index contributed by atoms with van der Waals surface area (Å²) in [5.74, 6) is -3.09. The van der Waals surface area contributed by atoms with Crippen molar-refractivity contribution in [3.05, 3.63) is 35.4 Å². The van der Waals surface area contributed by atoms with E-state index in [4.69, 9.17) is 0 Å². The standard InChI is InChI=1S/C13H13F2NO3S/c14-8-1-2-9(10(15)4-8)12(13(18)19)16-5-7(6-20)3-11(16)17/h1-2,4,7,12,20H,3,5-6H2,(H,18,19). The maximum Gasteiger partial charge on any atom is 0.331 e. The van der Waals surface area contributed by atoms with Crippen molar-refractivity contribution in [2.45, 2.75) is 12.5 Å². The molecule has 1 aromatic carbocycles. The van der Waals surface area contributed by atoms with Crippen LogP contribution in [0.25, 0.3) is 0 Å². The van der Waals surface area contributed by atoms with Gasteiger partial charge in [-0.3, -0.25) is 4.79 Å². The molecule has 0 aromatic heterocycles. The normalized spacial score (nSPS) is 20.2. The van der Waals surface area contributed by atoms with Gasteiger partial charge in [0.1, 0.15) is 11.6 Å². The van der Waals surface area contributed by atoms with Gasteiger partial charge < -0.3 is 10.0 Å². The second-order valence-corrected chi connectivity index (χ2v) is 5.07. The number of hydrogen-bond acceptors (Lipinski definition) is 3. The average Bonchev–Trinajstić information content (AvgIpc) is 2.73. The first kappa shape index (κ1) is 14.8. The van der Waals surface area contributed by atoms with Gasteiger partial charge in [0.15, 0.2) is 6.04 Å². The van der Waals surface area contributed by atoms with Gasteiger partial charge in [-0.05, 0) is 17.7 Å². The van der Waals surface area contributed by atoms with E-state index in [2.05, 4.69) is 12.6 Å². The van der Waals surface area contributed by atoms with Crippen molar-refractivity contribution in [3.8, 4) is 0 Å². The third-order valence-corrected chi connectivity index (χ3v) is 3.82. The lowest BCUT2D eigenvalue weighted by atomic mass is 10.0. The molecule has 1 aliphatic rings. The first-order valence-corrected chi connectivity index (χ1v) is 6.65. The minimum atomic E-state index is -1.44. The Morgan fingerprint density at radius 1 is 1.50 bits per heavy atom. The van der Waals surface area contributed by atoms with E-state index < -0.39 is 23.6 Å². The zero-order valence-electron chi connectivity index (χ0n) is 10.4. The molecule has 0 radical (unpaired) electrons. The smallest absolute Gasteiger partial charge is 0.331 e. The number of aliphatic carboxylic acids is 1. The van der Waals surface area contributed by atoms with E-state index in [9.17, 15) is 23.5 Å². The Morgan fingerprint density at radius 3 is 2.70 bits per heavy atom. The summed E-state index contributed by atoms with van der Waals surface area (Å²) in [5.41, 5.74) is -0.216. The molecule has 1 amide bonds. The molecule has 2 atom stereocenters. The van der Waals surface area contributed by atoms with E-state index in [1.807, 2.05) is 0 Å². The highest BCUT2D eigenvalue weighted by atomic mass is 32.1. The van der Waals surface area contributed by atoms with Gasteiger partial charge in [-0.25, -0.2) is 13.6 Å². The molecule has 1 saturated heterocycles. The molecule has 2 unspecified atom stereocenters. The zero-order chi connectivity index (χ0) is 14.9. The van der Waals surface area contributed by atoms with Crippen molar-refractivity contribution in [1.29, 1.82) is 0 Å². The molecule has 7 heteroatoms. The van der Waals surface area contributed by atoms with Gasteiger partial charge >= 0.3 is 5.97 Å². The molecule has 20 heavy (non-hydrogen) atoms. The summed E-state index contributed by atoms with van der Waals surface area (Å²) in [5, 5.41) is 9.28. The molecule has 1 N–H and O–H groups in total. The number of likely N-dealkylation sites (tertiary alicyclic amines) is 1. The van der Waals surface area contributed by atoms with Crippen LogP contribution in [0.15, 0.2) is 18.2 Å². The molecule has 2 rings (SSSR count). The molecule has 0 saturated carbocycles. The Labute approximate surface area is 119 Å². The number of carboxylic acid groups (broad SMARTS) is 1. The van der Waals surface area contributed by atoms with Crippen LogP contribution in [-0.4, -0.2) is 34.2 Å². The Balaban J connectivity index is 2.37. The third kappa shape index (κ3) is 2.77. The summed E-state index contributed by atoms with van der Waals surface area (Å²) in [6, 6.07) is 1.21. The van der Waals surface area contributed by atoms with Crippen LogP contribution < -0.4 is 0 Å². The van der Waals surface area contributed by atoms with E-state index in [1.165, 1.54) is 0 Å². The lowest BCUT2D eigenvalue weighted by Crippen LogP contribution is -2.36. The predicted molar refractivity (Wildman–Crippen MR) is 70.4 cm³/mol. The third-order valence-electron chi connectivity index (χ3n) is 3.30. The molecule has 4 nitrogen and oxygen atoms in total. The Bertz CT molecular complexity index is 552. The Morgan fingerprint density at radius 2 is 2.20 bits per heavy atom. The molecule has 0 bridgehead atoms. The first-order chi connectivity index (χ1) is 9.43. The van der Waals surface area contributed by atoms with Gasteiger partial charge in [-0.2, -0.15) is 12.6 Å². The monoisotopic (exact) mass is 301 g/mol. The summed E-state index contributed by atoms with van der Waals surface area (Å²) in [7, 11) is 0. The number of benzene rings is 1. The van der Waals surface area contributed by atoms with Crippen LogP contribution in [0, 0.1) is 17.6 Å². The van der Waals surface area contributed by atoms with Crippen molar-refractivity contribution in [2.24, 2.45) is 5.92 Å². The van der Waals surface area contributed by atoms with Gasteiger partial charge in [0, 0.05) is 24.6 Å². The van der Waals surface area contributed by atoms with Crippen molar-refractivity contribution < 1.29 is 23.5 Å². The average molecular weight is 301 g/mol.